The fraction of sp³-hybridized carbons (Fsp3) is 0.600. The topological polar surface area (TPSA) is 71.1 Å². The lowest BCUT2D eigenvalue weighted by molar-refractivity contribution is -0.136. The van der Waals surface area contributed by atoms with Crippen LogP contribution in [0.15, 0.2) is 55.2 Å². The minimum Gasteiger partial charge on any atom is -0.543 e. The van der Waals surface area contributed by atoms with Crippen LogP contribution in [0.3, 0.4) is 0 Å². The third kappa shape index (κ3) is 10.6. The van der Waals surface area contributed by atoms with Crippen LogP contribution in [0.1, 0.15) is 83.7 Å². The molecule has 1 aromatic rings. The van der Waals surface area contributed by atoms with Crippen molar-refractivity contribution in [1.82, 2.24) is 0 Å². The molecule has 0 saturated heterocycles. The molecule has 0 fully saturated rings. The monoisotopic (exact) mass is 628 g/mol. The number of carbonyl (C=O) groups excluding carboxylic acids is 2. The van der Waals surface area contributed by atoms with Gasteiger partial charge in [0.05, 0.1) is 6.10 Å². The largest absolute Gasteiger partial charge is 0.543 e. The van der Waals surface area contributed by atoms with E-state index < -0.39 is 34.7 Å². The normalized spacial score (nSPS) is 20.9. The smallest absolute Gasteiger partial charge is 0.342 e. The number of ether oxygens (including phenoxy) is 2. The van der Waals surface area contributed by atoms with Crippen molar-refractivity contribution < 1.29 is 27.9 Å². The Balaban J connectivity index is 2.55. The second-order valence-electron chi connectivity index (χ2n) is 14.8. The average molecular weight is 629 g/mol. The fourth-order valence-electron chi connectivity index (χ4n) is 4.28. The number of allylic oxidation sites excluding steroid dienone is 2. The van der Waals surface area contributed by atoms with Crippen molar-refractivity contribution in [3.05, 3.63) is 66.3 Å². The summed E-state index contributed by atoms with van der Waals surface area (Å²) in [6.45, 7) is 28.0. The van der Waals surface area contributed by atoms with Crippen molar-refractivity contribution in [2.45, 2.75) is 123 Å². The number of fused-ring (bicyclic) bond motifs is 1. The predicted molar refractivity (Wildman–Crippen MR) is 182 cm³/mol. The molecule has 0 saturated carbocycles. The van der Waals surface area contributed by atoms with Gasteiger partial charge in [-0.1, -0.05) is 91.5 Å². The summed E-state index contributed by atoms with van der Waals surface area (Å²) < 4.78 is 25.1. The Morgan fingerprint density at radius 1 is 1.05 bits per heavy atom. The van der Waals surface area contributed by atoms with Crippen molar-refractivity contribution in [2.24, 2.45) is 5.92 Å². The summed E-state index contributed by atoms with van der Waals surface area (Å²) in [5.41, 5.74) is 1.36. The Kier molecular flexibility index (Phi) is 12.9. The zero-order chi connectivity index (χ0) is 32.6. The standard InChI is InChI=1S/C35H56O6Si2/c1-13-24-38-31(36)23-17-21-28-25-30(41-43(11,12)35(6,7)8)26(2)18-14-15-19-27-20-16-22-29(32(27)33(37)39-28)40-42(9,10)34(3,4)5/h13-17,20,22-23,26,28,30H,1,18-19,21,24-25H2,2-12H3/t26-,28-,30+/m0/s1. The van der Waals surface area contributed by atoms with Crippen LogP contribution in [0.25, 0.3) is 0 Å². The molecule has 1 heterocycles. The van der Waals surface area contributed by atoms with Gasteiger partial charge in [-0.25, -0.2) is 9.59 Å². The van der Waals surface area contributed by atoms with Crippen LogP contribution in [-0.2, 0) is 25.1 Å². The molecule has 0 aromatic heterocycles. The van der Waals surface area contributed by atoms with E-state index in [0.29, 0.717) is 30.6 Å². The second-order valence-corrected chi connectivity index (χ2v) is 24.3. The molecule has 0 unspecified atom stereocenters. The molecule has 0 radical (unpaired) electrons. The minimum atomic E-state index is -2.24. The average Bonchev–Trinajstić information content (AvgIpc) is 2.87. The molecule has 0 N–H and O–H groups in total. The Bertz CT molecular complexity index is 1170. The molecule has 2 rings (SSSR count). The lowest BCUT2D eigenvalue weighted by Gasteiger charge is -2.41. The number of cyclic esters (lactones) is 1. The molecule has 6 nitrogen and oxygen atoms in total. The molecule has 1 aliphatic heterocycles. The first-order valence-electron chi connectivity index (χ1n) is 15.6. The Morgan fingerprint density at radius 3 is 2.30 bits per heavy atom. The van der Waals surface area contributed by atoms with E-state index in [0.717, 1.165) is 12.0 Å². The van der Waals surface area contributed by atoms with Crippen molar-refractivity contribution >= 4 is 28.6 Å². The van der Waals surface area contributed by atoms with Gasteiger partial charge in [0, 0.05) is 18.9 Å². The Hall–Kier alpha value is -2.43. The van der Waals surface area contributed by atoms with Crippen LogP contribution < -0.4 is 4.43 Å². The lowest BCUT2D eigenvalue weighted by atomic mass is 9.93. The summed E-state index contributed by atoms with van der Waals surface area (Å²) in [5, 5.41) is -0.00887. The number of hydrogen-bond donors (Lipinski definition) is 0. The minimum absolute atomic E-state index is 0.0299. The summed E-state index contributed by atoms with van der Waals surface area (Å²) in [6, 6.07) is 5.81. The number of benzene rings is 1. The molecule has 0 bridgehead atoms. The van der Waals surface area contributed by atoms with E-state index in [4.69, 9.17) is 18.3 Å². The number of carbonyl (C=O) groups is 2. The first kappa shape index (κ1) is 36.8. The van der Waals surface area contributed by atoms with Crippen molar-refractivity contribution in [3.8, 4) is 5.75 Å². The molecule has 43 heavy (non-hydrogen) atoms. The zero-order valence-electron chi connectivity index (χ0n) is 28.5. The van der Waals surface area contributed by atoms with Crippen LogP contribution >= 0.6 is 0 Å². The van der Waals surface area contributed by atoms with Crippen LogP contribution in [0.2, 0.25) is 36.3 Å². The summed E-state index contributed by atoms with van der Waals surface area (Å²) in [7, 11) is -4.37. The Labute approximate surface area is 263 Å². The number of rotatable bonds is 9. The summed E-state index contributed by atoms with van der Waals surface area (Å²) in [5.74, 6) is -0.0865. The van der Waals surface area contributed by atoms with E-state index in [1.165, 1.54) is 12.2 Å². The second kappa shape index (κ2) is 15.0. The molecule has 3 atom stereocenters. The van der Waals surface area contributed by atoms with E-state index in [1.807, 2.05) is 18.2 Å². The molecule has 0 amide bonds. The predicted octanol–water partition coefficient (Wildman–Crippen LogP) is 9.19. The van der Waals surface area contributed by atoms with Gasteiger partial charge in [-0.05, 0) is 66.7 Å². The van der Waals surface area contributed by atoms with E-state index >= 15 is 0 Å². The van der Waals surface area contributed by atoms with Crippen LogP contribution in [0.4, 0.5) is 0 Å². The van der Waals surface area contributed by atoms with Crippen molar-refractivity contribution in [1.29, 1.82) is 0 Å². The highest BCUT2D eigenvalue weighted by atomic mass is 28.4. The maximum absolute atomic E-state index is 14.1. The summed E-state index contributed by atoms with van der Waals surface area (Å²) in [6.07, 6.45) is 10.7. The highest BCUT2D eigenvalue weighted by Gasteiger charge is 2.42. The van der Waals surface area contributed by atoms with Gasteiger partial charge in [0.25, 0.3) is 8.32 Å². The van der Waals surface area contributed by atoms with Gasteiger partial charge >= 0.3 is 11.9 Å². The number of hydrogen-bond acceptors (Lipinski definition) is 6. The van der Waals surface area contributed by atoms with Gasteiger partial charge in [-0.2, -0.15) is 0 Å². The molecule has 240 valence electrons. The Morgan fingerprint density at radius 2 is 1.70 bits per heavy atom. The molecular formula is C35H56O6Si2. The van der Waals surface area contributed by atoms with Crippen LogP contribution in [0.5, 0.6) is 5.75 Å². The third-order valence-corrected chi connectivity index (χ3v) is 18.0. The highest BCUT2D eigenvalue weighted by molar-refractivity contribution is 6.75. The quantitative estimate of drug-likeness (QED) is 0.118. The van der Waals surface area contributed by atoms with Gasteiger partial charge in [-0.15, -0.1) is 0 Å². The van der Waals surface area contributed by atoms with Crippen LogP contribution in [0, 0.1) is 5.92 Å². The summed E-state index contributed by atoms with van der Waals surface area (Å²) >= 11 is 0. The molecule has 0 spiro atoms. The van der Waals surface area contributed by atoms with Gasteiger partial charge < -0.3 is 18.3 Å². The molecule has 1 aromatic carbocycles. The maximum atomic E-state index is 14.1. The molecule has 8 heteroatoms. The van der Waals surface area contributed by atoms with Gasteiger partial charge in [-0.3, -0.25) is 0 Å². The maximum Gasteiger partial charge on any atom is 0.342 e. The molecular weight excluding hydrogens is 573 g/mol. The first-order valence-corrected chi connectivity index (χ1v) is 21.4. The van der Waals surface area contributed by atoms with Crippen molar-refractivity contribution in [2.75, 3.05) is 6.61 Å². The third-order valence-electron chi connectivity index (χ3n) is 9.15. The highest BCUT2D eigenvalue weighted by Crippen LogP contribution is 2.41. The van der Waals surface area contributed by atoms with Crippen molar-refractivity contribution in [3.63, 3.8) is 0 Å². The van der Waals surface area contributed by atoms with Crippen LogP contribution in [-0.4, -0.2) is 47.4 Å². The van der Waals surface area contributed by atoms with Gasteiger partial charge in [0.2, 0.25) is 0 Å². The summed E-state index contributed by atoms with van der Waals surface area (Å²) in [4.78, 5) is 26.2. The molecule has 1 aliphatic rings. The SMILES string of the molecule is C=CCOC(=O)C=CC[C@H]1C[C@@H](O[Si](C)(C)C(C)(C)C)[C@@H](C)CC=CCc2cccc(O[Si](C)(C)C(C)(C)C)c2C(=O)O1. The first-order chi connectivity index (χ1) is 19.8. The van der Waals surface area contributed by atoms with Gasteiger partial charge in [0.15, 0.2) is 8.32 Å². The van der Waals surface area contributed by atoms with E-state index in [-0.39, 0.29) is 28.7 Å². The fourth-order valence-corrected chi connectivity index (χ4v) is 6.75. The zero-order valence-corrected chi connectivity index (χ0v) is 30.5. The van der Waals surface area contributed by atoms with E-state index in [2.05, 4.69) is 93.4 Å². The van der Waals surface area contributed by atoms with E-state index in [9.17, 15) is 9.59 Å². The van der Waals surface area contributed by atoms with E-state index in [1.54, 1.807) is 6.08 Å². The lowest BCUT2D eigenvalue weighted by Crippen LogP contribution is -2.46. The number of esters is 2. The van der Waals surface area contributed by atoms with Gasteiger partial charge in [0.1, 0.15) is 24.0 Å². The molecule has 0 aliphatic carbocycles.